The second-order valence-corrected chi connectivity index (χ2v) is 6.12. The van der Waals surface area contributed by atoms with Gasteiger partial charge in [-0.2, -0.15) is 0 Å². The van der Waals surface area contributed by atoms with Crippen LogP contribution in [0.25, 0.3) is 0 Å². The minimum Gasteiger partial charge on any atom is -0.481 e. The number of hydrogen-bond donors (Lipinski definition) is 0. The number of oxazole rings is 1. The van der Waals surface area contributed by atoms with E-state index in [1.165, 1.54) is 5.56 Å². The van der Waals surface area contributed by atoms with E-state index in [-0.39, 0.29) is 0 Å². The molecule has 1 aliphatic heterocycles. The maximum absolute atomic E-state index is 5.29. The highest BCUT2D eigenvalue weighted by Crippen LogP contribution is 2.16. The molecular weight excluding hydrogens is 292 g/mol. The topological polar surface area (TPSA) is 54.6 Å². The standard InChI is InChI=1S/C17H24N4O2/c1-13-9-20(11-16-12-23-14(2)19-16)6-7-21(13)10-15-4-5-17(22-3)18-8-15/h4-5,8,12-13H,6-7,9-11H2,1-3H3. The van der Waals surface area contributed by atoms with Crippen molar-refractivity contribution in [3.05, 3.63) is 41.7 Å². The molecular formula is C17H24N4O2. The quantitative estimate of drug-likeness (QED) is 0.842. The number of hydrogen-bond acceptors (Lipinski definition) is 6. The highest BCUT2D eigenvalue weighted by atomic mass is 16.5. The Morgan fingerprint density at radius 1 is 1.30 bits per heavy atom. The zero-order valence-corrected chi connectivity index (χ0v) is 14.0. The lowest BCUT2D eigenvalue weighted by Crippen LogP contribution is -2.50. The van der Waals surface area contributed by atoms with Crippen molar-refractivity contribution in [1.82, 2.24) is 19.8 Å². The van der Waals surface area contributed by atoms with Gasteiger partial charge in [0.05, 0.1) is 12.8 Å². The van der Waals surface area contributed by atoms with Crippen LogP contribution in [-0.2, 0) is 13.1 Å². The summed E-state index contributed by atoms with van der Waals surface area (Å²) in [5, 5.41) is 0. The summed E-state index contributed by atoms with van der Waals surface area (Å²) in [5.74, 6) is 1.40. The fourth-order valence-corrected chi connectivity index (χ4v) is 3.02. The highest BCUT2D eigenvalue weighted by molar-refractivity contribution is 5.17. The molecule has 3 heterocycles. The first-order chi connectivity index (χ1) is 11.1. The van der Waals surface area contributed by atoms with Crippen LogP contribution in [-0.4, -0.2) is 52.6 Å². The molecule has 0 aliphatic carbocycles. The molecule has 0 bridgehead atoms. The molecule has 1 unspecified atom stereocenters. The van der Waals surface area contributed by atoms with Gasteiger partial charge < -0.3 is 9.15 Å². The van der Waals surface area contributed by atoms with Crippen molar-refractivity contribution in [2.45, 2.75) is 33.0 Å². The monoisotopic (exact) mass is 316 g/mol. The van der Waals surface area contributed by atoms with Crippen LogP contribution in [0.4, 0.5) is 0 Å². The van der Waals surface area contributed by atoms with E-state index in [1.54, 1.807) is 13.4 Å². The summed E-state index contributed by atoms with van der Waals surface area (Å²) in [5.41, 5.74) is 2.24. The van der Waals surface area contributed by atoms with Crippen LogP contribution >= 0.6 is 0 Å². The lowest BCUT2D eigenvalue weighted by Gasteiger charge is -2.39. The second-order valence-electron chi connectivity index (χ2n) is 6.12. The number of aryl methyl sites for hydroxylation is 1. The third-order valence-corrected chi connectivity index (χ3v) is 4.29. The largest absolute Gasteiger partial charge is 0.481 e. The van der Waals surface area contributed by atoms with E-state index < -0.39 is 0 Å². The van der Waals surface area contributed by atoms with Crippen molar-refractivity contribution < 1.29 is 9.15 Å². The van der Waals surface area contributed by atoms with Gasteiger partial charge in [-0.1, -0.05) is 6.07 Å². The number of piperazine rings is 1. The molecule has 1 fully saturated rings. The van der Waals surface area contributed by atoms with Crippen molar-refractivity contribution in [3.8, 4) is 5.88 Å². The van der Waals surface area contributed by atoms with Crippen LogP contribution in [0.2, 0.25) is 0 Å². The summed E-state index contributed by atoms with van der Waals surface area (Å²) in [6.45, 7) is 9.07. The Morgan fingerprint density at radius 3 is 2.78 bits per heavy atom. The van der Waals surface area contributed by atoms with E-state index in [4.69, 9.17) is 9.15 Å². The molecule has 1 atom stereocenters. The van der Waals surface area contributed by atoms with Gasteiger partial charge >= 0.3 is 0 Å². The Bertz CT molecular complexity index is 626. The van der Waals surface area contributed by atoms with Gasteiger partial charge in [-0.05, 0) is 12.5 Å². The SMILES string of the molecule is COc1ccc(CN2CCN(Cc3coc(C)n3)CC2C)cn1. The molecule has 1 aliphatic rings. The number of methoxy groups -OCH3 is 1. The van der Waals surface area contributed by atoms with E-state index >= 15 is 0 Å². The molecule has 23 heavy (non-hydrogen) atoms. The lowest BCUT2D eigenvalue weighted by atomic mass is 10.1. The first-order valence-electron chi connectivity index (χ1n) is 8.00. The van der Waals surface area contributed by atoms with Crippen molar-refractivity contribution in [3.63, 3.8) is 0 Å². The summed E-state index contributed by atoms with van der Waals surface area (Å²) in [6, 6.07) is 4.51. The smallest absolute Gasteiger partial charge is 0.212 e. The zero-order valence-electron chi connectivity index (χ0n) is 14.0. The normalized spacial score (nSPS) is 19.9. The summed E-state index contributed by atoms with van der Waals surface area (Å²) in [7, 11) is 1.64. The Hall–Kier alpha value is -1.92. The maximum Gasteiger partial charge on any atom is 0.212 e. The fraction of sp³-hybridized carbons (Fsp3) is 0.529. The molecule has 2 aromatic rings. The van der Waals surface area contributed by atoms with Crippen LogP contribution in [0, 0.1) is 6.92 Å². The average molecular weight is 316 g/mol. The van der Waals surface area contributed by atoms with Crippen LogP contribution in [0.3, 0.4) is 0 Å². The molecule has 6 heteroatoms. The number of ether oxygens (including phenoxy) is 1. The van der Waals surface area contributed by atoms with E-state index in [9.17, 15) is 0 Å². The van der Waals surface area contributed by atoms with Crippen LogP contribution < -0.4 is 4.74 Å². The Balaban J connectivity index is 1.53. The molecule has 124 valence electrons. The van der Waals surface area contributed by atoms with Gasteiger partial charge in [0.1, 0.15) is 6.26 Å². The third-order valence-electron chi connectivity index (χ3n) is 4.29. The predicted octanol–water partition coefficient (Wildman–Crippen LogP) is 2.09. The van der Waals surface area contributed by atoms with Gasteiger partial charge in [-0.15, -0.1) is 0 Å². The summed E-state index contributed by atoms with van der Waals surface area (Å²) in [4.78, 5) is 13.6. The minimum atomic E-state index is 0.499. The molecule has 0 saturated carbocycles. The first-order valence-corrected chi connectivity index (χ1v) is 8.00. The molecule has 2 aromatic heterocycles. The average Bonchev–Trinajstić information content (AvgIpc) is 2.96. The van der Waals surface area contributed by atoms with E-state index in [2.05, 4.69) is 32.8 Å². The predicted molar refractivity (Wildman–Crippen MR) is 87.2 cm³/mol. The Morgan fingerprint density at radius 2 is 2.17 bits per heavy atom. The summed E-state index contributed by atoms with van der Waals surface area (Å²) >= 11 is 0. The number of pyridine rings is 1. The molecule has 0 aromatic carbocycles. The van der Waals surface area contributed by atoms with Crippen LogP contribution in [0.1, 0.15) is 24.1 Å². The molecule has 1 saturated heterocycles. The van der Waals surface area contributed by atoms with Crippen molar-refractivity contribution in [2.75, 3.05) is 26.7 Å². The first kappa shape index (κ1) is 16.0. The van der Waals surface area contributed by atoms with Gasteiger partial charge in [0.2, 0.25) is 5.88 Å². The number of nitrogens with zero attached hydrogens (tertiary/aromatic N) is 4. The van der Waals surface area contributed by atoms with E-state index in [0.717, 1.165) is 44.3 Å². The molecule has 0 radical (unpaired) electrons. The van der Waals surface area contributed by atoms with Gasteiger partial charge in [-0.3, -0.25) is 9.80 Å². The van der Waals surface area contributed by atoms with E-state index in [0.29, 0.717) is 11.9 Å². The zero-order chi connectivity index (χ0) is 16.2. The third kappa shape index (κ3) is 4.09. The fourth-order valence-electron chi connectivity index (χ4n) is 3.02. The van der Waals surface area contributed by atoms with Gasteiger partial charge in [0, 0.05) is 58.0 Å². The Labute approximate surface area is 137 Å². The molecule has 0 amide bonds. The van der Waals surface area contributed by atoms with Crippen LogP contribution in [0.15, 0.2) is 29.0 Å². The van der Waals surface area contributed by atoms with Crippen molar-refractivity contribution >= 4 is 0 Å². The lowest BCUT2D eigenvalue weighted by molar-refractivity contribution is 0.0724. The van der Waals surface area contributed by atoms with E-state index in [1.807, 2.05) is 19.2 Å². The highest BCUT2D eigenvalue weighted by Gasteiger charge is 2.24. The second kappa shape index (κ2) is 7.10. The molecule has 6 nitrogen and oxygen atoms in total. The van der Waals surface area contributed by atoms with Crippen molar-refractivity contribution in [1.29, 1.82) is 0 Å². The van der Waals surface area contributed by atoms with Gasteiger partial charge in [0.25, 0.3) is 0 Å². The minimum absolute atomic E-state index is 0.499. The molecule has 3 rings (SSSR count). The Kier molecular flexibility index (Phi) is 4.93. The number of rotatable bonds is 5. The summed E-state index contributed by atoms with van der Waals surface area (Å²) < 4.78 is 10.4. The van der Waals surface area contributed by atoms with Gasteiger partial charge in [-0.25, -0.2) is 9.97 Å². The molecule has 0 N–H and O–H groups in total. The summed E-state index contributed by atoms with van der Waals surface area (Å²) in [6.07, 6.45) is 3.66. The van der Waals surface area contributed by atoms with Gasteiger partial charge in [0.15, 0.2) is 5.89 Å². The number of aromatic nitrogens is 2. The van der Waals surface area contributed by atoms with Crippen molar-refractivity contribution in [2.24, 2.45) is 0 Å². The van der Waals surface area contributed by atoms with Crippen LogP contribution in [0.5, 0.6) is 5.88 Å². The maximum atomic E-state index is 5.29. The molecule has 0 spiro atoms.